The van der Waals surface area contributed by atoms with Gasteiger partial charge in [-0.25, -0.2) is 9.07 Å². The van der Waals surface area contributed by atoms with Gasteiger partial charge in [-0.3, -0.25) is 0 Å². The summed E-state index contributed by atoms with van der Waals surface area (Å²) in [5.41, 5.74) is 1.86. The minimum absolute atomic E-state index is 0.177. The van der Waals surface area contributed by atoms with E-state index in [1.807, 2.05) is 23.7 Å². The van der Waals surface area contributed by atoms with Crippen LogP contribution in [0.25, 0.3) is 5.69 Å². The lowest BCUT2D eigenvalue weighted by molar-refractivity contribution is 0.157. The molecule has 1 aromatic carbocycles. The monoisotopic (exact) mass is 345 g/mol. The third-order valence-electron chi connectivity index (χ3n) is 3.83. The summed E-state index contributed by atoms with van der Waals surface area (Å²) in [4.78, 5) is 0.993. The van der Waals surface area contributed by atoms with E-state index in [1.165, 1.54) is 12.1 Å². The van der Waals surface area contributed by atoms with Crippen molar-refractivity contribution < 1.29 is 9.50 Å². The number of nitrogens with one attached hydrogen (secondary N) is 1. The maximum absolute atomic E-state index is 13.0. The van der Waals surface area contributed by atoms with E-state index in [4.69, 9.17) is 0 Å². The van der Waals surface area contributed by atoms with Gasteiger partial charge in [0, 0.05) is 29.2 Å². The van der Waals surface area contributed by atoms with Crippen molar-refractivity contribution in [2.45, 2.75) is 32.0 Å². The Balaban J connectivity index is 1.52. The van der Waals surface area contributed by atoms with Gasteiger partial charge in [-0.2, -0.15) is 5.10 Å². The molecule has 0 bridgehead atoms. The van der Waals surface area contributed by atoms with Crippen molar-refractivity contribution in [3.8, 4) is 5.69 Å². The number of halogens is 1. The highest BCUT2D eigenvalue weighted by molar-refractivity contribution is 7.10. The van der Waals surface area contributed by atoms with E-state index in [-0.39, 0.29) is 11.9 Å². The number of rotatable bonds is 7. The van der Waals surface area contributed by atoms with E-state index in [0.717, 1.165) is 16.1 Å². The summed E-state index contributed by atoms with van der Waals surface area (Å²) in [6.07, 6.45) is 3.93. The molecule has 0 fully saturated rings. The second-order valence-electron chi connectivity index (χ2n) is 5.82. The molecule has 0 saturated heterocycles. The van der Waals surface area contributed by atoms with Crippen molar-refractivity contribution >= 4 is 11.3 Å². The fourth-order valence-electron chi connectivity index (χ4n) is 2.49. The molecule has 2 aromatic heterocycles. The summed E-state index contributed by atoms with van der Waals surface area (Å²) >= 11 is 1.57. The Morgan fingerprint density at radius 3 is 2.79 bits per heavy atom. The van der Waals surface area contributed by atoms with Gasteiger partial charge in [0.05, 0.1) is 18.0 Å². The molecule has 6 heteroatoms. The van der Waals surface area contributed by atoms with Gasteiger partial charge in [-0.15, -0.1) is 11.3 Å². The normalized spacial score (nSPS) is 13.8. The van der Waals surface area contributed by atoms with Crippen molar-refractivity contribution in [2.24, 2.45) is 0 Å². The number of benzene rings is 1. The van der Waals surface area contributed by atoms with E-state index in [2.05, 4.69) is 17.3 Å². The van der Waals surface area contributed by atoms with Crippen LogP contribution in [0.3, 0.4) is 0 Å². The molecule has 2 N–H and O–H groups in total. The molecule has 2 heterocycles. The third kappa shape index (κ3) is 4.29. The lowest BCUT2D eigenvalue weighted by Gasteiger charge is -2.16. The first-order chi connectivity index (χ1) is 11.6. The van der Waals surface area contributed by atoms with E-state index < -0.39 is 6.10 Å². The van der Waals surface area contributed by atoms with Gasteiger partial charge in [-0.05, 0) is 49.1 Å². The van der Waals surface area contributed by atoms with Gasteiger partial charge in [0.2, 0.25) is 0 Å². The molecular weight excluding hydrogens is 325 g/mol. The summed E-state index contributed by atoms with van der Waals surface area (Å²) in [5, 5.41) is 19.8. The Hall–Kier alpha value is -2.02. The van der Waals surface area contributed by atoms with Gasteiger partial charge in [-0.1, -0.05) is 6.07 Å². The quantitative estimate of drug-likeness (QED) is 0.687. The molecule has 3 aromatic rings. The summed E-state index contributed by atoms with van der Waals surface area (Å²) in [5.74, 6) is -0.258. The summed E-state index contributed by atoms with van der Waals surface area (Å²) < 4.78 is 14.7. The Labute approximate surface area is 144 Å². The second-order valence-corrected chi connectivity index (χ2v) is 6.80. The van der Waals surface area contributed by atoms with Crippen molar-refractivity contribution in [3.63, 3.8) is 0 Å². The first kappa shape index (κ1) is 16.8. The first-order valence-corrected chi connectivity index (χ1v) is 8.74. The molecule has 0 amide bonds. The van der Waals surface area contributed by atoms with Crippen LogP contribution in [0.5, 0.6) is 0 Å². The van der Waals surface area contributed by atoms with Crippen molar-refractivity contribution in [1.82, 2.24) is 15.1 Å². The Bertz CT molecular complexity index is 755. The lowest BCUT2D eigenvalue weighted by Crippen LogP contribution is -2.27. The molecule has 3 rings (SSSR count). The molecule has 2 atom stereocenters. The Morgan fingerprint density at radius 1 is 1.29 bits per heavy atom. The molecule has 0 aliphatic rings. The zero-order chi connectivity index (χ0) is 16.9. The lowest BCUT2D eigenvalue weighted by atomic mass is 10.1. The largest absolute Gasteiger partial charge is 0.388 e. The van der Waals surface area contributed by atoms with Crippen LogP contribution in [0.1, 0.15) is 29.9 Å². The molecule has 4 nitrogen and oxygen atoms in total. The van der Waals surface area contributed by atoms with Gasteiger partial charge in [0.1, 0.15) is 5.82 Å². The first-order valence-electron chi connectivity index (χ1n) is 7.86. The molecule has 0 spiro atoms. The van der Waals surface area contributed by atoms with E-state index in [9.17, 15) is 9.50 Å². The van der Waals surface area contributed by atoms with Crippen LogP contribution in [0.15, 0.2) is 54.2 Å². The van der Waals surface area contributed by atoms with E-state index in [0.29, 0.717) is 13.0 Å². The average molecular weight is 345 g/mol. The summed E-state index contributed by atoms with van der Waals surface area (Å²) in [6, 6.07) is 10.3. The summed E-state index contributed by atoms with van der Waals surface area (Å²) in [6.45, 7) is 2.72. The maximum atomic E-state index is 13.0. The topological polar surface area (TPSA) is 50.1 Å². The Morgan fingerprint density at radius 2 is 2.08 bits per heavy atom. The summed E-state index contributed by atoms with van der Waals surface area (Å²) in [7, 11) is 0. The van der Waals surface area contributed by atoms with Crippen molar-refractivity contribution in [1.29, 1.82) is 0 Å². The molecule has 0 radical (unpaired) electrons. The number of nitrogens with zero attached hydrogens (tertiary/aromatic N) is 2. The predicted octanol–water partition coefficient (Wildman–Crippen LogP) is 3.67. The minimum Gasteiger partial charge on any atom is -0.388 e. The van der Waals surface area contributed by atoms with E-state index in [1.54, 1.807) is 34.3 Å². The van der Waals surface area contributed by atoms with Crippen LogP contribution in [-0.4, -0.2) is 20.9 Å². The van der Waals surface area contributed by atoms with Gasteiger partial charge in [0.15, 0.2) is 0 Å². The molecule has 0 saturated carbocycles. The highest BCUT2D eigenvalue weighted by atomic mass is 32.1. The smallest absolute Gasteiger partial charge is 0.123 e. The standard InChI is InChI=1S/C18H20FN3OS/c1-13(9-17(23)18-3-2-8-24-18)20-10-14-11-21-22(12-14)16-6-4-15(19)5-7-16/h2-8,11-13,17,20,23H,9-10H2,1H3. The molecular formula is C18H20FN3OS. The van der Waals surface area contributed by atoms with Gasteiger partial charge >= 0.3 is 0 Å². The van der Waals surface area contributed by atoms with Crippen LogP contribution < -0.4 is 5.32 Å². The number of hydrogen-bond acceptors (Lipinski definition) is 4. The van der Waals surface area contributed by atoms with Crippen molar-refractivity contribution in [2.75, 3.05) is 0 Å². The molecule has 0 aliphatic heterocycles. The van der Waals surface area contributed by atoms with Crippen LogP contribution >= 0.6 is 11.3 Å². The Kier molecular flexibility index (Phi) is 5.40. The fourth-order valence-corrected chi connectivity index (χ4v) is 3.22. The van der Waals surface area contributed by atoms with Crippen LogP contribution in [0.4, 0.5) is 4.39 Å². The number of aromatic nitrogens is 2. The second kappa shape index (κ2) is 7.70. The predicted molar refractivity (Wildman–Crippen MR) is 93.7 cm³/mol. The fraction of sp³-hybridized carbons (Fsp3) is 0.278. The minimum atomic E-state index is -0.436. The SMILES string of the molecule is CC(CC(O)c1cccs1)NCc1cnn(-c2ccc(F)cc2)c1. The number of hydrogen-bond donors (Lipinski definition) is 2. The van der Waals surface area contributed by atoms with Crippen LogP contribution in [0, 0.1) is 5.82 Å². The molecule has 24 heavy (non-hydrogen) atoms. The number of thiophene rings is 1. The van der Waals surface area contributed by atoms with E-state index >= 15 is 0 Å². The zero-order valence-corrected chi connectivity index (χ0v) is 14.2. The number of aliphatic hydroxyl groups is 1. The van der Waals surface area contributed by atoms with Gasteiger partial charge < -0.3 is 10.4 Å². The average Bonchev–Trinajstić information content (AvgIpc) is 3.25. The van der Waals surface area contributed by atoms with Gasteiger partial charge in [0.25, 0.3) is 0 Å². The molecule has 2 unspecified atom stereocenters. The third-order valence-corrected chi connectivity index (χ3v) is 4.80. The van der Waals surface area contributed by atoms with Crippen LogP contribution in [-0.2, 0) is 6.54 Å². The highest BCUT2D eigenvalue weighted by Crippen LogP contribution is 2.22. The molecule has 0 aliphatic carbocycles. The van der Waals surface area contributed by atoms with Crippen molar-refractivity contribution in [3.05, 3.63) is 70.4 Å². The van der Waals surface area contributed by atoms with Crippen LogP contribution in [0.2, 0.25) is 0 Å². The number of aliphatic hydroxyl groups excluding tert-OH is 1. The molecule has 126 valence electrons. The highest BCUT2D eigenvalue weighted by Gasteiger charge is 2.13. The maximum Gasteiger partial charge on any atom is 0.123 e. The zero-order valence-electron chi connectivity index (χ0n) is 13.4.